The molecular weight excluding hydrogens is 653 g/mol. The summed E-state index contributed by atoms with van der Waals surface area (Å²) in [6.07, 6.45) is 53.0. The average molecular weight is 747 g/mol. The molecule has 0 amide bonds. The zero-order valence-electron chi connectivity index (χ0n) is 36.4. The van der Waals surface area contributed by atoms with Crippen LogP contribution in [0.4, 0.5) is 0 Å². The van der Waals surface area contributed by atoms with Gasteiger partial charge in [0.1, 0.15) is 0 Å². The fraction of sp³-hybridized carbons (Fsp3) is 0.918. The van der Waals surface area contributed by atoms with E-state index in [1.807, 2.05) is 0 Å². The Hall–Kier alpha value is -1.32. The van der Waals surface area contributed by atoms with Gasteiger partial charge >= 0.3 is 11.9 Å². The first-order valence-corrected chi connectivity index (χ1v) is 24.1. The van der Waals surface area contributed by atoms with Crippen LogP contribution in [-0.2, 0) is 19.1 Å². The standard InChI is InChI=1S/C49H94O4/c1-4-7-10-13-16-19-22-23-24-25-26-27-28-29-30-31-34-37-40-43-47(49(51)53-45-42-39-36-33-21-18-15-12-9-6-3)46-48(50)52-44-41-38-35-32-20-17-14-11-8-5-2/h28-29,47H,4-27,30-46H2,1-3H3/b29-28+. The van der Waals surface area contributed by atoms with Gasteiger partial charge < -0.3 is 9.47 Å². The Balaban J connectivity index is 4.20. The van der Waals surface area contributed by atoms with E-state index < -0.39 is 0 Å². The maximum atomic E-state index is 13.1. The summed E-state index contributed by atoms with van der Waals surface area (Å²) >= 11 is 0. The number of rotatable bonds is 44. The number of carbonyl (C=O) groups is 2. The number of hydrogen-bond acceptors (Lipinski definition) is 4. The summed E-state index contributed by atoms with van der Waals surface area (Å²) in [4.78, 5) is 25.8. The molecule has 0 rings (SSSR count). The topological polar surface area (TPSA) is 52.6 Å². The average Bonchev–Trinajstić information content (AvgIpc) is 3.16. The molecule has 1 atom stereocenters. The highest BCUT2D eigenvalue weighted by molar-refractivity contribution is 5.79. The van der Waals surface area contributed by atoms with E-state index >= 15 is 0 Å². The van der Waals surface area contributed by atoms with E-state index in [1.165, 1.54) is 193 Å². The van der Waals surface area contributed by atoms with Gasteiger partial charge in [-0.1, -0.05) is 232 Å². The van der Waals surface area contributed by atoms with Gasteiger partial charge in [-0.15, -0.1) is 0 Å². The second-order valence-corrected chi connectivity index (χ2v) is 16.4. The summed E-state index contributed by atoms with van der Waals surface area (Å²) in [7, 11) is 0. The number of carbonyl (C=O) groups excluding carboxylic acids is 2. The van der Waals surface area contributed by atoms with Gasteiger partial charge in [0.2, 0.25) is 0 Å². The predicted octanol–water partition coefficient (Wildman–Crippen LogP) is 16.5. The molecule has 0 aliphatic carbocycles. The number of esters is 2. The molecule has 0 aliphatic rings. The van der Waals surface area contributed by atoms with Crippen molar-refractivity contribution in [2.45, 2.75) is 271 Å². The van der Waals surface area contributed by atoms with Crippen LogP contribution in [0.5, 0.6) is 0 Å². The summed E-state index contributed by atoms with van der Waals surface area (Å²) in [5.74, 6) is -0.795. The van der Waals surface area contributed by atoms with Crippen molar-refractivity contribution in [3.05, 3.63) is 12.2 Å². The Morgan fingerprint density at radius 2 is 0.679 bits per heavy atom. The summed E-state index contributed by atoms with van der Waals surface area (Å²) in [6.45, 7) is 7.77. The van der Waals surface area contributed by atoms with Crippen LogP contribution in [0.2, 0.25) is 0 Å². The summed E-state index contributed by atoms with van der Waals surface area (Å²) in [6, 6.07) is 0. The Morgan fingerprint density at radius 1 is 0.377 bits per heavy atom. The highest BCUT2D eigenvalue weighted by Gasteiger charge is 2.24. The number of allylic oxidation sites excluding steroid dienone is 2. The molecule has 0 aromatic rings. The molecule has 0 fully saturated rings. The normalized spacial score (nSPS) is 12.1. The van der Waals surface area contributed by atoms with E-state index in [1.54, 1.807) is 0 Å². The minimum atomic E-state index is -0.371. The summed E-state index contributed by atoms with van der Waals surface area (Å²) < 4.78 is 11.3. The molecule has 0 bridgehead atoms. The highest BCUT2D eigenvalue weighted by Crippen LogP contribution is 2.19. The lowest BCUT2D eigenvalue weighted by atomic mass is 9.97. The number of unbranched alkanes of at least 4 members (excludes halogenated alkanes) is 33. The van der Waals surface area contributed by atoms with Crippen LogP contribution in [0.25, 0.3) is 0 Å². The summed E-state index contributed by atoms with van der Waals surface area (Å²) in [5, 5.41) is 0. The van der Waals surface area contributed by atoms with Crippen molar-refractivity contribution >= 4 is 11.9 Å². The first kappa shape index (κ1) is 51.7. The second-order valence-electron chi connectivity index (χ2n) is 16.4. The fourth-order valence-electron chi connectivity index (χ4n) is 7.39. The van der Waals surface area contributed by atoms with Gasteiger partial charge in [0.25, 0.3) is 0 Å². The van der Waals surface area contributed by atoms with Crippen molar-refractivity contribution in [2.24, 2.45) is 5.92 Å². The van der Waals surface area contributed by atoms with Crippen LogP contribution in [0.1, 0.15) is 271 Å². The molecular formula is C49H94O4. The maximum absolute atomic E-state index is 13.1. The lowest BCUT2D eigenvalue weighted by Gasteiger charge is -2.16. The van der Waals surface area contributed by atoms with Crippen LogP contribution in [-0.4, -0.2) is 25.2 Å². The third-order valence-corrected chi connectivity index (χ3v) is 11.1. The number of ether oxygens (including phenoxy) is 2. The monoisotopic (exact) mass is 747 g/mol. The third-order valence-electron chi connectivity index (χ3n) is 11.1. The number of hydrogen-bond donors (Lipinski definition) is 0. The lowest BCUT2D eigenvalue weighted by Crippen LogP contribution is -2.23. The first-order chi connectivity index (χ1) is 26.2. The van der Waals surface area contributed by atoms with Crippen molar-refractivity contribution < 1.29 is 19.1 Å². The van der Waals surface area contributed by atoms with Crippen molar-refractivity contribution in [3.8, 4) is 0 Å². The SMILES string of the molecule is CCCCCCCCCCCCC/C=C/CCCCCCC(CC(=O)OCCCCCCCCCCCC)C(=O)OCCCCCCCCCCCC. The van der Waals surface area contributed by atoms with E-state index in [0.29, 0.717) is 13.2 Å². The fourth-order valence-corrected chi connectivity index (χ4v) is 7.39. The van der Waals surface area contributed by atoms with E-state index in [0.717, 1.165) is 51.4 Å². The minimum absolute atomic E-state index is 0.163. The van der Waals surface area contributed by atoms with Gasteiger partial charge in [0.15, 0.2) is 0 Å². The quantitative estimate of drug-likeness (QED) is 0.0354. The van der Waals surface area contributed by atoms with E-state index in [-0.39, 0.29) is 24.3 Å². The molecule has 0 saturated carbocycles. The molecule has 0 heterocycles. The molecule has 314 valence electrons. The zero-order chi connectivity index (χ0) is 38.6. The third kappa shape index (κ3) is 41.7. The highest BCUT2D eigenvalue weighted by atomic mass is 16.5. The molecule has 0 radical (unpaired) electrons. The Kier molecular flexibility index (Phi) is 43.9. The Bertz CT molecular complexity index is 762. The van der Waals surface area contributed by atoms with Crippen molar-refractivity contribution in [3.63, 3.8) is 0 Å². The zero-order valence-corrected chi connectivity index (χ0v) is 36.4. The van der Waals surface area contributed by atoms with E-state index in [4.69, 9.17) is 9.47 Å². The lowest BCUT2D eigenvalue weighted by molar-refractivity contribution is -0.155. The van der Waals surface area contributed by atoms with Crippen LogP contribution in [0.15, 0.2) is 12.2 Å². The molecule has 0 aromatic heterocycles. The van der Waals surface area contributed by atoms with Crippen molar-refractivity contribution in [1.29, 1.82) is 0 Å². The Labute approximate surface area is 332 Å². The minimum Gasteiger partial charge on any atom is -0.466 e. The summed E-state index contributed by atoms with van der Waals surface area (Å²) in [5.41, 5.74) is 0. The molecule has 0 N–H and O–H groups in total. The van der Waals surface area contributed by atoms with Gasteiger partial charge in [-0.25, -0.2) is 0 Å². The van der Waals surface area contributed by atoms with E-state index in [9.17, 15) is 9.59 Å². The molecule has 0 spiro atoms. The molecule has 53 heavy (non-hydrogen) atoms. The van der Waals surface area contributed by atoms with Gasteiger partial charge in [0, 0.05) is 0 Å². The Morgan fingerprint density at radius 3 is 1.06 bits per heavy atom. The molecule has 0 aromatic carbocycles. The van der Waals surface area contributed by atoms with Gasteiger partial charge in [0.05, 0.1) is 25.6 Å². The van der Waals surface area contributed by atoms with Gasteiger partial charge in [-0.3, -0.25) is 9.59 Å². The first-order valence-electron chi connectivity index (χ1n) is 24.1. The largest absolute Gasteiger partial charge is 0.466 e. The van der Waals surface area contributed by atoms with Crippen molar-refractivity contribution in [2.75, 3.05) is 13.2 Å². The van der Waals surface area contributed by atoms with Crippen LogP contribution >= 0.6 is 0 Å². The second kappa shape index (κ2) is 45.1. The van der Waals surface area contributed by atoms with Crippen LogP contribution in [0, 0.1) is 5.92 Å². The molecule has 1 unspecified atom stereocenters. The van der Waals surface area contributed by atoms with Crippen molar-refractivity contribution in [1.82, 2.24) is 0 Å². The van der Waals surface area contributed by atoms with Crippen LogP contribution in [0.3, 0.4) is 0 Å². The maximum Gasteiger partial charge on any atom is 0.309 e. The molecule has 0 saturated heterocycles. The molecule has 4 heteroatoms. The molecule has 0 aliphatic heterocycles. The smallest absolute Gasteiger partial charge is 0.309 e. The van der Waals surface area contributed by atoms with Gasteiger partial charge in [-0.05, 0) is 44.9 Å². The molecule has 4 nitrogen and oxygen atoms in total. The van der Waals surface area contributed by atoms with Gasteiger partial charge in [-0.2, -0.15) is 0 Å². The van der Waals surface area contributed by atoms with E-state index in [2.05, 4.69) is 32.9 Å². The predicted molar refractivity (Wildman–Crippen MR) is 232 cm³/mol. The van der Waals surface area contributed by atoms with Crippen LogP contribution < -0.4 is 0 Å².